The van der Waals surface area contributed by atoms with E-state index in [1.165, 1.54) is 6.07 Å². The van der Waals surface area contributed by atoms with Crippen LogP contribution in [0.15, 0.2) is 18.2 Å². The Bertz CT molecular complexity index is 534. The third-order valence-electron chi connectivity index (χ3n) is 4.61. The molecule has 0 aromatic heterocycles. The number of carbonyl (C=O) groups is 1. The molecule has 2 unspecified atom stereocenters. The molecule has 2 saturated heterocycles. The smallest absolute Gasteiger partial charge is 0.220 e. The SMILES string of the molecule is CNCc1c(F)cccc1N1CCC2NC(=O)CCC2C1. The number of fused-ring (bicyclic) bond motifs is 1. The number of carbonyl (C=O) groups excluding carboxylic acids is 1. The molecular formula is C16H22FN3O. The Morgan fingerprint density at radius 2 is 2.29 bits per heavy atom. The van der Waals surface area contributed by atoms with E-state index in [0.717, 1.165) is 37.2 Å². The van der Waals surface area contributed by atoms with E-state index in [4.69, 9.17) is 0 Å². The lowest BCUT2D eigenvalue weighted by Gasteiger charge is -2.43. The Kier molecular flexibility index (Phi) is 4.10. The third-order valence-corrected chi connectivity index (χ3v) is 4.61. The molecule has 3 rings (SSSR count). The van der Waals surface area contributed by atoms with Gasteiger partial charge in [0, 0.05) is 43.3 Å². The maximum atomic E-state index is 14.1. The molecule has 1 aromatic rings. The van der Waals surface area contributed by atoms with Crippen LogP contribution in [0.3, 0.4) is 0 Å². The Balaban J connectivity index is 1.79. The van der Waals surface area contributed by atoms with Crippen molar-refractivity contribution >= 4 is 11.6 Å². The maximum absolute atomic E-state index is 14.1. The van der Waals surface area contributed by atoms with Crippen LogP contribution in [-0.4, -0.2) is 32.1 Å². The molecule has 0 spiro atoms. The van der Waals surface area contributed by atoms with Gasteiger partial charge in [0.05, 0.1) is 0 Å². The van der Waals surface area contributed by atoms with Crippen molar-refractivity contribution in [2.45, 2.75) is 31.8 Å². The van der Waals surface area contributed by atoms with Gasteiger partial charge in [0.25, 0.3) is 0 Å². The molecule has 2 aliphatic rings. The van der Waals surface area contributed by atoms with Crippen molar-refractivity contribution in [3.8, 4) is 0 Å². The van der Waals surface area contributed by atoms with Crippen molar-refractivity contribution < 1.29 is 9.18 Å². The number of amides is 1. The normalized spacial score (nSPS) is 25.4. The molecule has 0 saturated carbocycles. The van der Waals surface area contributed by atoms with Crippen LogP contribution in [0.5, 0.6) is 0 Å². The van der Waals surface area contributed by atoms with Gasteiger partial charge in [-0.1, -0.05) is 6.07 Å². The minimum atomic E-state index is -0.152. The minimum absolute atomic E-state index is 0.152. The topological polar surface area (TPSA) is 44.4 Å². The van der Waals surface area contributed by atoms with Crippen LogP contribution in [0.25, 0.3) is 0 Å². The first-order valence-electron chi connectivity index (χ1n) is 7.65. The first-order chi connectivity index (χ1) is 10.2. The third kappa shape index (κ3) is 2.88. The molecule has 2 aliphatic heterocycles. The summed E-state index contributed by atoms with van der Waals surface area (Å²) in [4.78, 5) is 13.7. The number of hydrogen-bond donors (Lipinski definition) is 2. The molecule has 5 heteroatoms. The molecule has 114 valence electrons. The van der Waals surface area contributed by atoms with Gasteiger partial charge in [-0.25, -0.2) is 4.39 Å². The van der Waals surface area contributed by atoms with Gasteiger partial charge in [0.2, 0.25) is 5.91 Å². The monoisotopic (exact) mass is 291 g/mol. The zero-order valence-corrected chi connectivity index (χ0v) is 12.4. The quantitative estimate of drug-likeness (QED) is 0.890. The van der Waals surface area contributed by atoms with Gasteiger partial charge in [-0.3, -0.25) is 4.79 Å². The molecular weight excluding hydrogens is 269 g/mol. The number of anilines is 1. The minimum Gasteiger partial charge on any atom is -0.371 e. The van der Waals surface area contributed by atoms with E-state index in [9.17, 15) is 9.18 Å². The van der Waals surface area contributed by atoms with Crippen LogP contribution < -0.4 is 15.5 Å². The van der Waals surface area contributed by atoms with E-state index in [0.29, 0.717) is 24.9 Å². The highest BCUT2D eigenvalue weighted by Gasteiger charge is 2.34. The van der Waals surface area contributed by atoms with Crippen LogP contribution >= 0.6 is 0 Å². The second-order valence-corrected chi connectivity index (χ2v) is 5.98. The van der Waals surface area contributed by atoms with Crippen LogP contribution in [0.4, 0.5) is 10.1 Å². The van der Waals surface area contributed by atoms with Crippen molar-refractivity contribution in [3.05, 3.63) is 29.6 Å². The zero-order chi connectivity index (χ0) is 14.8. The van der Waals surface area contributed by atoms with E-state index in [1.807, 2.05) is 13.1 Å². The van der Waals surface area contributed by atoms with E-state index in [2.05, 4.69) is 15.5 Å². The molecule has 0 radical (unpaired) electrons. The summed E-state index contributed by atoms with van der Waals surface area (Å²) in [7, 11) is 1.83. The Hall–Kier alpha value is -1.62. The van der Waals surface area contributed by atoms with E-state index < -0.39 is 0 Å². The first-order valence-corrected chi connectivity index (χ1v) is 7.65. The number of nitrogens with one attached hydrogen (secondary N) is 2. The highest BCUT2D eigenvalue weighted by molar-refractivity contribution is 5.77. The predicted molar refractivity (Wildman–Crippen MR) is 80.6 cm³/mol. The summed E-state index contributed by atoms with van der Waals surface area (Å²) in [5.74, 6) is 0.495. The number of piperidine rings is 2. The van der Waals surface area contributed by atoms with Gasteiger partial charge in [-0.05, 0) is 37.9 Å². The molecule has 2 atom stereocenters. The summed E-state index contributed by atoms with van der Waals surface area (Å²) in [6.07, 6.45) is 2.48. The Labute approximate surface area is 124 Å². The van der Waals surface area contributed by atoms with Crippen LogP contribution in [0.2, 0.25) is 0 Å². The molecule has 0 bridgehead atoms. The van der Waals surface area contributed by atoms with Gasteiger partial charge in [0.1, 0.15) is 5.82 Å². The van der Waals surface area contributed by atoms with Crippen molar-refractivity contribution in [2.75, 3.05) is 25.0 Å². The summed E-state index contributed by atoms with van der Waals surface area (Å²) in [5, 5.41) is 6.13. The molecule has 2 fully saturated rings. The number of benzene rings is 1. The maximum Gasteiger partial charge on any atom is 0.220 e. The zero-order valence-electron chi connectivity index (χ0n) is 12.4. The average molecular weight is 291 g/mol. The molecule has 2 heterocycles. The highest BCUT2D eigenvalue weighted by Crippen LogP contribution is 2.31. The summed E-state index contributed by atoms with van der Waals surface area (Å²) in [5.41, 5.74) is 1.72. The summed E-state index contributed by atoms with van der Waals surface area (Å²) < 4.78 is 14.1. The Morgan fingerprint density at radius 1 is 1.43 bits per heavy atom. The summed E-state index contributed by atoms with van der Waals surface area (Å²) in [6, 6.07) is 5.59. The number of hydrogen-bond acceptors (Lipinski definition) is 3. The fourth-order valence-electron chi connectivity index (χ4n) is 3.52. The molecule has 1 aromatic carbocycles. The fourth-order valence-corrected chi connectivity index (χ4v) is 3.52. The second kappa shape index (κ2) is 6.02. The van der Waals surface area contributed by atoms with Crippen molar-refractivity contribution in [1.29, 1.82) is 0 Å². The predicted octanol–water partition coefficient (Wildman–Crippen LogP) is 1.65. The standard InChI is InChI=1S/C16H22FN3O/c1-18-9-12-13(17)3-2-4-15(12)20-8-7-14-11(10-20)5-6-16(21)19-14/h2-4,11,14,18H,5-10H2,1H3,(H,19,21). The highest BCUT2D eigenvalue weighted by atomic mass is 19.1. The van der Waals surface area contributed by atoms with Gasteiger partial charge < -0.3 is 15.5 Å². The molecule has 1 amide bonds. The van der Waals surface area contributed by atoms with E-state index in [1.54, 1.807) is 6.07 Å². The molecule has 4 nitrogen and oxygen atoms in total. The Morgan fingerprint density at radius 3 is 3.10 bits per heavy atom. The first kappa shape index (κ1) is 14.3. The lowest BCUT2D eigenvalue weighted by molar-refractivity contribution is -0.124. The summed E-state index contributed by atoms with van der Waals surface area (Å²) in [6.45, 7) is 2.29. The van der Waals surface area contributed by atoms with Crippen LogP contribution in [0, 0.1) is 11.7 Å². The van der Waals surface area contributed by atoms with Crippen molar-refractivity contribution in [3.63, 3.8) is 0 Å². The van der Waals surface area contributed by atoms with Gasteiger partial charge in [-0.15, -0.1) is 0 Å². The van der Waals surface area contributed by atoms with Crippen molar-refractivity contribution in [2.24, 2.45) is 5.92 Å². The van der Waals surface area contributed by atoms with Crippen molar-refractivity contribution in [1.82, 2.24) is 10.6 Å². The van der Waals surface area contributed by atoms with E-state index >= 15 is 0 Å². The lowest BCUT2D eigenvalue weighted by atomic mass is 9.85. The van der Waals surface area contributed by atoms with E-state index in [-0.39, 0.29) is 11.7 Å². The number of nitrogens with zero attached hydrogens (tertiary/aromatic N) is 1. The largest absolute Gasteiger partial charge is 0.371 e. The molecule has 21 heavy (non-hydrogen) atoms. The summed E-state index contributed by atoms with van der Waals surface area (Å²) >= 11 is 0. The molecule has 0 aliphatic carbocycles. The average Bonchev–Trinajstić information content (AvgIpc) is 2.49. The van der Waals surface area contributed by atoms with Gasteiger partial charge in [-0.2, -0.15) is 0 Å². The van der Waals surface area contributed by atoms with Crippen LogP contribution in [-0.2, 0) is 11.3 Å². The van der Waals surface area contributed by atoms with Gasteiger partial charge in [0.15, 0.2) is 0 Å². The number of halogens is 1. The number of rotatable bonds is 3. The van der Waals surface area contributed by atoms with Crippen LogP contribution in [0.1, 0.15) is 24.8 Å². The fraction of sp³-hybridized carbons (Fsp3) is 0.562. The second-order valence-electron chi connectivity index (χ2n) is 5.98. The van der Waals surface area contributed by atoms with Gasteiger partial charge >= 0.3 is 0 Å². The lowest BCUT2D eigenvalue weighted by Crippen LogP contribution is -2.54. The molecule has 2 N–H and O–H groups in total.